The number of hydrogen-bond acceptors (Lipinski definition) is 1. The van der Waals surface area contributed by atoms with Gasteiger partial charge < -0.3 is 5.32 Å². The highest BCUT2D eigenvalue weighted by Gasteiger charge is 2.15. The minimum Gasteiger partial charge on any atom is -0.313 e. The molecule has 1 nitrogen and oxygen atoms in total. The Morgan fingerprint density at radius 2 is 1.80 bits per heavy atom. The third-order valence-corrected chi connectivity index (χ3v) is 4.44. The summed E-state index contributed by atoms with van der Waals surface area (Å²) < 4.78 is 28.6. The first-order valence-electron chi connectivity index (χ1n) is 6.07. The lowest BCUT2D eigenvalue weighted by atomic mass is 9.99. The number of nitrogens with one attached hydrogen (secondary N) is 1. The van der Waals surface area contributed by atoms with E-state index in [2.05, 4.69) is 49.9 Å². The van der Waals surface area contributed by atoms with E-state index in [0.29, 0.717) is 12.0 Å². The minimum atomic E-state index is -0.545. The molecule has 0 heterocycles. The summed E-state index contributed by atoms with van der Waals surface area (Å²) >= 11 is 5.77. The summed E-state index contributed by atoms with van der Waals surface area (Å²) in [6.07, 6.45) is 0.518. The van der Waals surface area contributed by atoms with Gasteiger partial charge in [0.1, 0.15) is 11.6 Å². The van der Waals surface area contributed by atoms with Gasteiger partial charge in [-0.15, -0.1) is 0 Å². The van der Waals surface area contributed by atoms with Crippen LogP contribution in [-0.2, 0) is 6.42 Å². The predicted octanol–water partition coefficient (Wildman–Crippen LogP) is 4.84. The summed E-state index contributed by atoms with van der Waals surface area (Å²) in [5.41, 5.74) is 1.71. The van der Waals surface area contributed by atoms with Crippen molar-refractivity contribution >= 4 is 38.5 Å². The van der Waals surface area contributed by atoms with E-state index < -0.39 is 11.6 Å². The van der Waals surface area contributed by atoms with Crippen LogP contribution in [0, 0.1) is 15.2 Å². The van der Waals surface area contributed by atoms with Crippen LogP contribution >= 0.6 is 38.5 Å². The lowest BCUT2D eigenvalue weighted by Crippen LogP contribution is -2.19. The monoisotopic (exact) mass is 451 g/mol. The van der Waals surface area contributed by atoms with Gasteiger partial charge >= 0.3 is 0 Å². The fraction of sp³-hybridized carbons (Fsp3) is 0.200. The number of likely N-dealkylation sites (N-methyl/N-ethyl adjacent to an activating group) is 1. The molecular formula is C15H13BrF2IN. The van der Waals surface area contributed by atoms with Crippen LogP contribution in [0.5, 0.6) is 0 Å². The second-order valence-corrected chi connectivity index (χ2v) is 6.59. The van der Waals surface area contributed by atoms with E-state index in [4.69, 9.17) is 0 Å². The van der Waals surface area contributed by atoms with E-state index >= 15 is 0 Å². The molecule has 0 saturated carbocycles. The molecule has 0 aromatic heterocycles. The molecular weight excluding hydrogens is 439 g/mol. The number of benzene rings is 2. The smallest absolute Gasteiger partial charge is 0.126 e. The zero-order valence-corrected chi connectivity index (χ0v) is 14.5. The Morgan fingerprint density at radius 1 is 1.15 bits per heavy atom. The average Bonchev–Trinajstić information content (AvgIpc) is 2.38. The Bertz CT molecular complexity index is 599. The van der Waals surface area contributed by atoms with Gasteiger partial charge in [0.05, 0.1) is 0 Å². The SMILES string of the molecule is CNC(Cc1cc(F)cc(F)c1)c1cc(I)ccc1Br. The predicted molar refractivity (Wildman–Crippen MR) is 88.7 cm³/mol. The molecule has 20 heavy (non-hydrogen) atoms. The Balaban J connectivity index is 2.31. The second-order valence-electron chi connectivity index (χ2n) is 4.49. The van der Waals surface area contributed by atoms with Crippen LogP contribution in [0.2, 0.25) is 0 Å². The Kier molecular flexibility index (Phi) is 5.51. The first-order valence-corrected chi connectivity index (χ1v) is 7.94. The van der Waals surface area contributed by atoms with Gasteiger partial charge in [-0.3, -0.25) is 0 Å². The van der Waals surface area contributed by atoms with Gasteiger partial charge in [-0.2, -0.15) is 0 Å². The van der Waals surface area contributed by atoms with Crippen LogP contribution in [0.3, 0.4) is 0 Å². The van der Waals surface area contributed by atoms with Crippen molar-refractivity contribution in [3.8, 4) is 0 Å². The van der Waals surface area contributed by atoms with E-state index in [1.807, 2.05) is 19.2 Å². The van der Waals surface area contributed by atoms with Gasteiger partial charge in [-0.25, -0.2) is 8.78 Å². The van der Waals surface area contributed by atoms with Crippen molar-refractivity contribution in [3.63, 3.8) is 0 Å². The Hall–Kier alpha value is -0.530. The van der Waals surface area contributed by atoms with Gasteiger partial charge in [0.2, 0.25) is 0 Å². The molecule has 0 saturated heterocycles. The molecule has 0 fully saturated rings. The standard InChI is InChI=1S/C15H13BrF2IN/c1-20-15(13-8-12(19)2-3-14(13)16)6-9-4-10(17)7-11(18)5-9/h2-5,7-8,15,20H,6H2,1H3. The van der Waals surface area contributed by atoms with Gasteiger partial charge in [0.25, 0.3) is 0 Å². The Morgan fingerprint density at radius 3 is 2.40 bits per heavy atom. The van der Waals surface area contributed by atoms with Crippen LogP contribution in [-0.4, -0.2) is 7.05 Å². The van der Waals surface area contributed by atoms with Crippen LogP contribution in [0.15, 0.2) is 40.9 Å². The van der Waals surface area contributed by atoms with E-state index in [1.165, 1.54) is 12.1 Å². The molecule has 0 radical (unpaired) electrons. The largest absolute Gasteiger partial charge is 0.313 e. The normalized spacial score (nSPS) is 12.4. The summed E-state index contributed by atoms with van der Waals surface area (Å²) in [5.74, 6) is -1.09. The van der Waals surface area contributed by atoms with Gasteiger partial charge in [-0.05, 0) is 77.5 Å². The molecule has 106 valence electrons. The third-order valence-electron chi connectivity index (χ3n) is 3.04. The first kappa shape index (κ1) is 15.9. The molecule has 0 spiro atoms. The lowest BCUT2D eigenvalue weighted by molar-refractivity contribution is 0.561. The quantitative estimate of drug-likeness (QED) is 0.656. The molecule has 0 aliphatic carbocycles. The number of rotatable bonds is 4. The highest BCUT2D eigenvalue weighted by atomic mass is 127. The molecule has 5 heteroatoms. The summed E-state index contributed by atoms with van der Waals surface area (Å²) in [7, 11) is 1.84. The van der Waals surface area contributed by atoms with Gasteiger partial charge in [0, 0.05) is 20.2 Å². The van der Waals surface area contributed by atoms with Crippen LogP contribution in [0.4, 0.5) is 8.78 Å². The van der Waals surface area contributed by atoms with Gasteiger partial charge in [-0.1, -0.05) is 15.9 Å². The molecule has 0 bridgehead atoms. The van der Waals surface area contributed by atoms with Crippen molar-refractivity contribution in [1.29, 1.82) is 0 Å². The summed E-state index contributed by atoms with van der Waals surface area (Å²) in [6, 6.07) is 9.65. The molecule has 0 aliphatic rings. The zero-order chi connectivity index (χ0) is 14.7. The highest BCUT2D eigenvalue weighted by molar-refractivity contribution is 14.1. The lowest BCUT2D eigenvalue weighted by Gasteiger charge is -2.19. The van der Waals surface area contributed by atoms with Crippen molar-refractivity contribution in [2.45, 2.75) is 12.5 Å². The van der Waals surface area contributed by atoms with Crippen LogP contribution in [0.25, 0.3) is 0 Å². The van der Waals surface area contributed by atoms with Gasteiger partial charge in [0.15, 0.2) is 0 Å². The Labute approximate surface area is 139 Å². The molecule has 1 unspecified atom stereocenters. The fourth-order valence-electron chi connectivity index (χ4n) is 2.11. The molecule has 1 atom stereocenters. The minimum absolute atomic E-state index is 0.0136. The maximum atomic E-state index is 13.3. The molecule has 0 amide bonds. The topological polar surface area (TPSA) is 12.0 Å². The van der Waals surface area contributed by atoms with E-state index in [-0.39, 0.29) is 6.04 Å². The number of halogens is 4. The van der Waals surface area contributed by atoms with Crippen molar-refractivity contribution in [1.82, 2.24) is 5.32 Å². The summed E-state index contributed by atoms with van der Waals surface area (Å²) in [6.45, 7) is 0. The van der Waals surface area contributed by atoms with Crippen molar-refractivity contribution in [2.24, 2.45) is 0 Å². The van der Waals surface area contributed by atoms with Crippen LogP contribution < -0.4 is 5.32 Å². The second kappa shape index (κ2) is 6.95. The van der Waals surface area contributed by atoms with Crippen molar-refractivity contribution in [2.75, 3.05) is 7.05 Å². The maximum absolute atomic E-state index is 13.3. The summed E-state index contributed by atoms with van der Waals surface area (Å²) in [5, 5.41) is 3.20. The molecule has 1 N–H and O–H groups in total. The van der Waals surface area contributed by atoms with Crippen LogP contribution in [0.1, 0.15) is 17.2 Å². The van der Waals surface area contributed by atoms with E-state index in [1.54, 1.807) is 0 Å². The summed E-state index contributed by atoms with van der Waals surface area (Å²) in [4.78, 5) is 0. The molecule has 0 aliphatic heterocycles. The molecule has 2 rings (SSSR count). The third kappa shape index (κ3) is 3.99. The highest BCUT2D eigenvalue weighted by Crippen LogP contribution is 2.28. The molecule has 2 aromatic rings. The maximum Gasteiger partial charge on any atom is 0.126 e. The van der Waals surface area contributed by atoms with Crippen molar-refractivity contribution in [3.05, 3.63) is 67.2 Å². The first-order chi connectivity index (χ1) is 9.49. The zero-order valence-electron chi connectivity index (χ0n) is 10.8. The number of hydrogen-bond donors (Lipinski definition) is 1. The van der Waals surface area contributed by atoms with Crippen molar-refractivity contribution < 1.29 is 8.78 Å². The average molecular weight is 452 g/mol. The fourth-order valence-corrected chi connectivity index (χ4v) is 3.15. The molecule has 2 aromatic carbocycles. The van der Waals surface area contributed by atoms with E-state index in [0.717, 1.165) is 19.7 Å². The van der Waals surface area contributed by atoms with E-state index in [9.17, 15) is 8.78 Å².